The molecule has 2 aromatic rings. The smallest absolute Gasteiger partial charge is 0.251 e. The molecule has 0 aliphatic rings. The standard InChI is InChI=1S/C18H20ClN3O2/c1-22(2)16(14-8-3-4-9-15(14)19)11-21-18(24)13-7-5-6-12(10-13)17(20)23/h3-10,16H,11H2,1-2H3,(H2,20,23)(H,21,24)/t16-/m1/s1. The van der Waals surface area contributed by atoms with Crippen molar-refractivity contribution in [3.8, 4) is 0 Å². The molecule has 0 saturated carbocycles. The molecule has 1 atom stereocenters. The van der Waals surface area contributed by atoms with E-state index in [-0.39, 0.29) is 11.9 Å². The summed E-state index contributed by atoms with van der Waals surface area (Å²) in [5.41, 5.74) is 6.88. The quantitative estimate of drug-likeness (QED) is 0.844. The fourth-order valence-corrected chi connectivity index (χ4v) is 2.68. The van der Waals surface area contributed by atoms with E-state index in [9.17, 15) is 9.59 Å². The van der Waals surface area contributed by atoms with Crippen molar-refractivity contribution in [2.45, 2.75) is 6.04 Å². The number of nitrogens with one attached hydrogen (secondary N) is 1. The van der Waals surface area contributed by atoms with Gasteiger partial charge in [0.1, 0.15) is 0 Å². The molecular weight excluding hydrogens is 326 g/mol. The average molecular weight is 346 g/mol. The van der Waals surface area contributed by atoms with Gasteiger partial charge in [0.2, 0.25) is 5.91 Å². The number of carbonyl (C=O) groups is 2. The lowest BCUT2D eigenvalue weighted by atomic mass is 10.1. The Bertz CT molecular complexity index is 747. The molecule has 2 amide bonds. The van der Waals surface area contributed by atoms with Crippen LogP contribution in [0.1, 0.15) is 32.3 Å². The number of nitrogens with two attached hydrogens (primary N) is 1. The van der Waals surface area contributed by atoms with Crippen LogP contribution in [0.15, 0.2) is 48.5 Å². The van der Waals surface area contributed by atoms with Gasteiger partial charge in [0, 0.05) is 22.7 Å². The zero-order chi connectivity index (χ0) is 17.7. The van der Waals surface area contributed by atoms with E-state index in [1.165, 1.54) is 6.07 Å². The molecule has 0 aromatic heterocycles. The Hall–Kier alpha value is -2.37. The van der Waals surface area contributed by atoms with Gasteiger partial charge in [0.25, 0.3) is 5.91 Å². The first kappa shape index (κ1) is 18.0. The molecule has 24 heavy (non-hydrogen) atoms. The monoisotopic (exact) mass is 345 g/mol. The van der Waals surface area contributed by atoms with Gasteiger partial charge < -0.3 is 16.0 Å². The third-order valence-corrected chi connectivity index (χ3v) is 4.10. The van der Waals surface area contributed by atoms with Crippen molar-refractivity contribution in [3.63, 3.8) is 0 Å². The zero-order valence-corrected chi connectivity index (χ0v) is 14.4. The highest BCUT2D eigenvalue weighted by Crippen LogP contribution is 2.25. The average Bonchev–Trinajstić information content (AvgIpc) is 2.56. The van der Waals surface area contributed by atoms with Crippen LogP contribution in [0.2, 0.25) is 5.02 Å². The Morgan fingerprint density at radius 3 is 2.42 bits per heavy atom. The van der Waals surface area contributed by atoms with Crippen LogP contribution in [-0.2, 0) is 0 Å². The number of carbonyl (C=O) groups excluding carboxylic acids is 2. The number of hydrogen-bond donors (Lipinski definition) is 2. The van der Waals surface area contributed by atoms with E-state index < -0.39 is 5.91 Å². The fraction of sp³-hybridized carbons (Fsp3) is 0.222. The van der Waals surface area contributed by atoms with Gasteiger partial charge in [-0.1, -0.05) is 35.9 Å². The zero-order valence-electron chi connectivity index (χ0n) is 13.6. The van der Waals surface area contributed by atoms with Gasteiger partial charge >= 0.3 is 0 Å². The van der Waals surface area contributed by atoms with Crippen LogP contribution < -0.4 is 11.1 Å². The van der Waals surface area contributed by atoms with E-state index in [2.05, 4.69) is 5.32 Å². The Balaban J connectivity index is 2.12. The second-order valence-electron chi connectivity index (χ2n) is 5.66. The normalized spacial score (nSPS) is 12.0. The number of primary amides is 1. The Labute approximate surface area is 146 Å². The van der Waals surface area contributed by atoms with E-state index in [1.54, 1.807) is 18.2 Å². The second-order valence-corrected chi connectivity index (χ2v) is 6.06. The highest BCUT2D eigenvalue weighted by Gasteiger charge is 2.18. The Morgan fingerprint density at radius 2 is 1.79 bits per heavy atom. The van der Waals surface area contributed by atoms with Crippen LogP contribution in [0.3, 0.4) is 0 Å². The van der Waals surface area contributed by atoms with Gasteiger partial charge in [-0.05, 0) is 43.9 Å². The number of halogens is 1. The van der Waals surface area contributed by atoms with Crippen molar-refractivity contribution in [2.24, 2.45) is 5.73 Å². The summed E-state index contributed by atoms with van der Waals surface area (Å²) < 4.78 is 0. The number of benzene rings is 2. The molecule has 2 rings (SSSR count). The van der Waals surface area contributed by atoms with Crippen molar-refractivity contribution < 1.29 is 9.59 Å². The minimum Gasteiger partial charge on any atom is -0.366 e. The van der Waals surface area contributed by atoms with Crippen molar-refractivity contribution in [2.75, 3.05) is 20.6 Å². The summed E-state index contributed by atoms with van der Waals surface area (Å²) in [4.78, 5) is 25.6. The first-order chi connectivity index (χ1) is 11.4. The molecule has 0 spiro atoms. The summed E-state index contributed by atoms with van der Waals surface area (Å²) in [5, 5.41) is 3.53. The summed E-state index contributed by atoms with van der Waals surface area (Å²) >= 11 is 6.26. The van der Waals surface area contributed by atoms with Crippen LogP contribution in [0, 0.1) is 0 Å². The molecule has 0 radical (unpaired) electrons. The van der Waals surface area contributed by atoms with Gasteiger partial charge in [0.05, 0.1) is 6.04 Å². The minimum atomic E-state index is -0.563. The second kappa shape index (κ2) is 7.95. The molecule has 0 unspecified atom stereocenters. The fourth-order valence-electron chi connectivity index (χ4n) is 2.42. The number of nitrogens with zero attached hydrogens (tertiary/aromatic N) is 1. The molecule has 5 nitrogen and oxygen atoms in total. The molecule has 6 heteroatoms. The van der Waals surface area contributed by atoms with Crippen LogP contribution in [0.25, 0.3) is 0 Å². The van der Waals surface area contributed by atoms with Gasteiger partial charge in [-0.3, -0.25) is 9.59 Å². The molecule has 3 N–H and O–H groups in total. The summed E-state index contributed by atoms with van der Waals surface area (Å²) in [6.07, 6.45) is 0. The maximum atomic E-state index is 12.3. The van der Waals surface area contributed by atoms with Crippen molar-refractivity contribution in [1.29, 1.82) is 0 Å². The Morgan fingerprint density at radius 1 is 1.12 bits per heavy atom. The number of amides is 2. The molecule has 0 aliphatic carbocycles. The predicted octanol–water partition coefficient (Wildman–Crippen LogP) is 2.47. The Kier molecular flexibility index (Phi) is 5.95. The van der Waals surface area contributed by atoms with Crippen LogP contribution in [0.4, 0.5) is 0 Å². The molecule has 0 aliphatic heterocycles. The third-order valence-electron chi connectivity index (χ3n) is 3.75. The molecule has 0 heterocycles. The SMILES string of the molecule is CN(C)[C@H](CNC(=O)c1cccc(C(N)=O)c1)c1ccccc1Cl. The summed E-state index contributed by atoms with van der Waals surface area (Å²) in [7, 11) is 3.85. The van der Waals surface area contributed by atoms with Crippen LogP contribution in [-0.4, -0.2) is 37.4 Å². The molecule has 0 saturated heterocycles. The molecular formula is C18H20ClN3O2. The lowest BCUT2D eigenvalue weighted by Crippen LogP contribution is -2.34. The van der Waals surface area contributed by atoms with Crippen LogP contribution in [0.5, 0.6) is 0 Å². The van der Waals surface area contributed by atoms with Crippen molar-refractivity contribution >= 4 is 23.4 Å². The van der Waals surface area contributed by atoms with Gasteiger partial charge in [-0.2, -0.15) is 0 Å². The molecule has 0 bridgehead atoms. The predicted molar refractivity (Wildman–Crippen MR) is 95.2 cm³/mol. The van der Waals surface area contributed by atoms with E-state index >= 15 is 0 Å². The maximum Gasteiger partial charge on any atom is 0.251 e. The van der Waals surface area contributed by atoms with Gasteiger partial charge in [-0.15, -0.1) is 0 Å². The number of likely N-dealkylation sites (N-methyl/N-ethyl adjacent to an activating group) is 1. The summed E-state index contributed by atoms with van der Waals surface area (Å²) in [6, 6.07) is 13.8. The molecule has 2 aromatic carbocycles. The first-order valence-electron chi connectivity index (χ1n) is 7.49. The van der Waals surface area contributed by atoms with Crippen molar-refractivity contribution in [1.82, 2.24) is 10.2 Å². The van der Waals surface area contributed by atoms with E-state index in [0.717, 1.165) is 5.56 Å². The minimum absolute atomic E-state index is 0.0676. The number of rotatable bonds is 6. The highest BCUT2D eigenvalue weighted by atomic mass is 35.5. The largest absolute Gasteiger partial charge is 0.366 e. The lowest BCUT2D eigenvalue weighted by molar-refractivity contribution is 0.0942. The first-order valence-corrected chi connectivity index (χ1v) is 7.87. The molecule has 0 fully saturated rings. The van der Waals surface area contributed by atoms with E-state index in [0.29, 0.717) is 22.7 Å². The number of hydrogen-bond acceptors (Lipinski definition) is 3. The highest BCUT2D eigenvalue weighted by molar-refractivity contribution is 6.31. The van der Waals surface area contributed by atoms with E-state index in [1.807, 2.05) is 43.3 Å². The van der Waals surface area contributed by atoms with E-state index in [4.69, 9.17) is 17.3 Å². The van der Waals surface area contributed by atoms with Gasteiger partial charge in [-0.25, -0.2) is 0 Å². The van der Waals surface area contributed by atoms with Crippen molar-refractivity contribution in [3.05, 3.63) is 70.2 Å². The summed E-state index contributed by atoms with van der Waals surface area (Å²) in [6.45, 7) is 0.385. The third kappa shape index (κ3) is 4.34. The lowest BCUT2D eigenvalue weighted by Gasteiger charge is -2.26. The molecule has 126 valence electrons. The maximum absolute atomic E-state index is 12.3. The van der Waals surface area contributed by atoms with Crippen LogP contribution >= 0.6 is 11.6 Å². The summed E-state index contributed by atoms with van der Waals surface area (Å²) in [5.74, 6) is -0.830. The topological polar surface area (TPSA) is 75.4 Å². The van der Waals surface area contributed by atoms with Gasteiger partial charge in [0.15, 0.2) is 0 Å².